The van der Waals surface area contributed by atoms with E-state index < -0.39 is 0 Å². The third-order valence-electron chi connectivity index (χ3n) is 3.48. The van der Waals surface area contributed by atoms with Crippen LogP contribution in [0, 0.1) is 13.8 Å². The number of ether oxygens (including phenoxy) is 1. The molecule has 122 valence electrons. The molecule has 0 atom stereocenters. The van der Waals surface area contributed by atoms with Crippen LogP contribution in [0.4, 0.5) is 5.13 Å². The number of nitrogens with one attached hydrogen (secondary N) is 1. The minimum Gasteiger partial charge on any atom is -0.484 e. The number of para-hydroxylation sites is 1. The molecule has 0 spiro atoms. The van der Waals surface area contributed by atoms with Gasteiger partial charge in [0.1, 0.15) is 5.75 Å². The standard InChI is InChI=1S/C19H18N2O2S/c1-13-8-10-15(11-9-13)18-14(2)24-19(21-18)20-17(22)12-23-16-6-4-3-5-7-16/h3-11H,12H2,1-2H3,(H,20,21,22). The molecule has 1 N–H and O–H groups in total. The third-order valence-corrected chi connectivity index (χ3v) is 4.37. The first-order valence-corrected chi connectivity index (χ1v) is 8.45. The minimum absolute atomic E-state index is 0.0392. The summed E-state index contributed by atoms with van der Waals surface area (Å²) in [7, 11) is 0. The Labute approximate surface area is 145 Å². The van der Waals surface area contributed by atoms with Crippen molar-refractivity contribution >= 4 is 22.4 Å². The van der Waals surface area contributed by atoms with Gasteiger partial charge in [-0.25, -0.2) is 4.98 Å². The largest absolute Gasteiger partial charge is 0.484 e. The number of thiazole rings is 1. The van der Waals surface area contributed by atoms with E-state index in [4.69, 9.17) is 4.74 Å². The molecule has 1 amide bonds. The fourth-order valence-electron chi connectivity index (χ4n) is 2.25. The van der Waals surface area contributed by atoms with Gasteiger partial charge in [-0.15, -0.1) is 11.3 Å². The zero-order chi connectivity index (χ0) is 16.9. The van der Waals surface area contributed by atoms with Crippen LogP contribution in [0.15, 0.2) is 54.6 Å². The summed E-state index contributed by atoms with van der Waals surface area (Å²) in [6.07, 6.45) is 0. The fourth-order valence-corrected chi connectivity index (χ4v) is 3.10. The fraction of sp³-hybridized carbons (Fsp3) is 0.158. The Hall–Kier alpha value is -2.66. The molecule has 0 saturated heterocycles. The monoisotopic (exact) mass is 338 g/mol. The van der Waals surface area contributed by atoms with E-state index in [1.54, 1.807) is 0 Å². The van der Waals surface area contributed by atoms with Crippen molar-refractivity contribution < 1.29 is 9.53 Å². The van der Waals surface area contributed by atoms with Gasteiger partial charge in [-0.3, -0.25) is 10.1 Å². The normalized spacial score (nSPS) is 10.4. The maximum atomic E-state index is 12.0. The van der Waals surface area contributed by atoms with Crippen LogP contribution in [0.5, 0.6) is 5.75 Å². The molecule has 0 unspecified atom stereocenters. The quantitative estimate of drug-likeness (QED) is 0.748. The van der Waals surface area contributed by atoms with Gasteiger partial charge in [-0.1, -0.05) is 48.0 Å². The molecule has 0 bridgehead atoms. The molecule has 0 saturated carbocycles. The van der Waals surface area contributed by atoms with E-state index in [-0.39, 0.29) is 12.5 Å². The molecule has 0 aliphatic heterocycles. The number of nitrogens with zero attached hydrogens (tertiary/aromatic N) is 1. The molecular weight excluding hydrogens is 320 g/mol. The Bertz CT molecular complexity index is 826. The van der Waals surface area contributed by atoms with Gasteiger partial charge in [0, 0.05) is 10.4 Å². The summed E-state index contributed by atoms with van der Waals surface area (Å²) in [5.74, 6) is 0.450. The maximum absolute atomic E-state index is 12.0. The van der Waals surface area contributed by atoms with E-state index >= 15 is 0 Å². The molecule has 0 fully saturated rings. The number of hydrogen-bond donors (Lipinski definition) is 1. The van der Waals surface area contributed by atoms with Crippen molar-refractivity contribution in [2.45, 2.75) is 13.8 Å². The number of carbonyl (C=O) groups is 1. The first-order valence-electron chi connectivity index (χ1n) is 7.64. The summed E-state index contributed by atoms with van der Waals surface area (Å²) in [6, 6.07) is 17.5. The predicted octanol–water partition coefficient (Wildman–Crippen LogP) is 4.44. The zero-order valence-corrected chi connectivity index (χ0v) is 14.4. The molecule has 3 aromatic rings. The first kappa shape index (κ1) is 16.2. The van der Waals surface area contributed by atoms with Crippen LogP contribution in [0.25, 0.3) is 11.3 Å². The maximum Gasteiger partial charge on any atom is 0.264 e. The third kappa shape index (κ3) is 4.00. The van der Waals surface area contributed by atoms with Gasteiger partial charge >= 0.3 is 0 Å². The lowest BCUT2D eigenvalue weighted by atomic mass is 10.1. The smallest absolute Gasteiger partial charge is 0.264 e. The number of aromatic nitrogens is 1. The van der Waals surface area contributed by atoms with Gasteiger partial charge in [-0.05, 0) is 26.0 Å². The van der Waals surface area contributed by atoms with Crippen LogP contribution in [-0.2, 0) is 4.79 Å². The molecule has 1 heterocycles. The van der Waals surface area contributed by atoms with Gasteiger partial charge in [0.15, 0.2) is 11.7 Å². The second kappa shape index (κ2) is 7.27. The van der Waals surface area contributed by atoms with Crippen molar-refractivity contribution in [1.82, 2.24) is 4.98 Å². The highest BCUT2D eigenvalue weighted by Crippen LogP contribution is 2.30. The van der Waals surface area contributed by atoms with Crippen molar-refractivity contribution in [1.29, 1.82) is 0 Å². The van der Waals surface area contributed by atoms with Gasteiger partial charge in [0.05, 0.1) is 5.69 Å². The van der Waals surface area contributed by atoms with E-state index in [2.05, 4.69) is 29.4 Å². The zero-order valence-electron chi connectivity index (χ0n) is 13.6. The number of aryl methyl sites for hydroxylation is 2. The highest BCUT2D eigenvalue weighted by molar-refractivity contribution is 7.16. The second-order valence-corrected chi connectivity index (χ2v) is 6.64. The van der Waals surface area contributed by atoms with E-state index in [0.717, 1.165) is 16.1 Å². The number of rotatable bonds is 5. The van der Waals surface area contributed by atoms with Gasteiger partial charge in [0.25, 0.3) is 5.91 Å². The summed E-state index contributed by atoms with van der Waals surface area (Å²) in [6.45, 7) is 4.02. The predicted molar refractivity (Wildman–Crippen MR) is 97.6 cm³/mol. The summed E-state index contributed by atoms with van der Waals surface area (Å²) >= 11 is 1.46. The average molecular weight is 338 g/mol. The second-order valence-electron chi connectivity index (χ2n) is 5.44. The molecule has 0 radical (unpaired) electrons. The topological polar surface area (TPSA) is 51.2 Å². The lowest BCUT2D eigenvalue weighted by molar-refractivity contribution is -0.118. The summed E-state index contributed by atoms with van der Waals surface area (Å²) in [5, 5.41) is 3.39. The average Bonchev–Trinajstić information content (AvgIpc) is 2.95. The van der Waals surface area contributed by atoms with Crippen molar-refractivity contribution in [3.63, 3.8) is 0 Å². The Morgan fingerprint density at radius 3 is 2.50 bits per heavy atom. The van der Waals surface area contributed by atoms with Crippen LogP contribution in [0.1, 0.15) is 10.4 Å². The Morgan fingerprint density at radius 1 is 1.08 bits per heavy atom. The van der Waals surface area contributed by atoms with Crippen LogP contribution < -0.4 is 10.1 Å². The van der Waals surface area contributed by atoms with Crippen molar-refractivity contribution in [3.8, 4) is 17.0 Å². The SMILES string of the molecule is Cc1ccc(-c2nc(NC(=O)COc3ccccc3)sc2C)cc1. The van der Waals surface area contributed by atoms with Crippen molar-refractivity contribution in [3.05, 3.63) is 65.0 Å². The van der Waals surface area contributed by atoms with Crippen LogP contribution in [0.2, 0.25) is 0 Å². The number of hydrogen-bond acceptors (Lipinski definition) is 4. The van der Waals surface area contributed by atoms with Crippen LogP contribution in [0.3, 0.4) is 0 Å². The summed E-state index contributed by atoms with van der Waals surface area (Å²) in [5.41, 5.74) is 3.16. The van der Waals surface area contributed by atoms with E-state index in [1.165, 1.54) is 16.9 Å². The molecular formula is C19H18N2O2S. The van der Waals surface area contributed by atoms with Crippen molar-refractivity contribution in [2.75, 3.05) is 11.9 Å². The first-order chi connectivity index (χ1) is 11.6. The lowest BCUT2D eigenvalue weighted by Gasteiger charge is -2.05. The van der Waals surface area contributed by atoms with Gasteiger partial charge < -0.3 is 4.74 Å². The number of carbonyl (C=O) groups excluding carboxylic acids is 1. The molecule has 24 heavy (non-hydrogen) atoms. The lowest BCUT2D eigenvalue weighted by Crippen LogP contribution is -2.19. The molecule has 3 rings (SSSR count). The Balaban J connectivity index is 1.64. The number of benzene rings is 2. The van der Waals surface area contributed by atoms with E-state index in [1.807, 2.05) is 49.4 Å². The summed E-state index contributed by atoms with van der Waals surface area (Å²) in [4.78, 5) is 17.6. The highest BCUT2D eigenvalue weighted by Gasteiger charge is 2.12. The number of anilines is 1. The van der Waals surface area contributed by atoms with Gasteiger partial charge in [-0.2, -0.15) is 0 Å². The van der Waals surface area contributed by atoms with E-state index in [0.29, 0.717) is 10.9 Å². The number of amides is 1. The summed E-state index contributed by atoms with van der Waals surface area (Å²) < 4.78 is 5.44. The Morgan fingerprint density at radius 2 is 1.79 bits per heavy atom. The molecule has 0 aliphatic rings. The Kier molecular flexibility index (Phi) is 4.91. The van der Waals surface area contributed by atoms with Crippen LogP contribution in [-0.4, -0.2) is 17.5 Å². The minimum atomic E-state index is -0.219. The van der Waals surface area contributed by atoms with E-state index in [9.17, 15) is 4.79 Å². The molecule has 4 nitrogen and oxygen atoms in total. The molecule has 0 aliphatic carbocycles. The molecule has 5 heteroatoms. The molecule has 1 aromatic heterocycles. The van der Waals surface area contributed by atoms with Crippen molar-refractivity contribution in [2.24, 2.45) is 0 Å². The van der Waals surface area contributed by atoms with Gasteiger partial charge in [0.2, 0.25) is 0 Å². The molecule has 2 aromatic carbocycles. The van der Waals surface area contributed by atoms with Crippen LogP contribution >= 0.6 is 11.3 Å². The highest BCUT2D eigenvalue weighted by atomic mass is 32.1.